The van der Waals surface area contributed by atoms with Crippen LogP contribution in [0.3, 0.4) is 0 Å². The monoisotopic (exact) mass is 297 g/mol. The number of carbonyl (C=O) groups is 1. The number of hydrogen-bond acceptors (Lipinski definition) is 2. The maximum atomic E-state index is 12.0. The number of fused-ring (bicyclic) bond motifs is 1. The Labute approximate surface area is 110 Å². The fourth-order valence-corrected chi connectivity index (χ4v) is 2.13. The lowest BCUT2D eigenvalue weighted by Crippen LogP contribution is -2.31. The molecule has 0 saturated heterocycles. The van der Waals surface area contributed by atoms with Crippen molar-refractivity contribution >= 4 is 21.8 Å². The van der Waals surface area contributed by atoms with Gasteiger partial charge in [0.2, 0.25) is 5.91 Å². The van der Waals surface area contributed by atoms with Gasteiger partial charge in [0.15, 0.2) is 0 Å². The predicted octanol–water partition coefficient (Wildman–Crippen LogP) is 2.45. The maximum Gasteiger partial charge on any atom is 0.231 e. The van der Waals surface area contributed by atoms with Gasteiger partial charge in [-0.3, -0.25) is 4.79 Å². The van der Waals surface area contributed by atoms with Crippen LogP contribution in [0.4, 0.5) is 0 Å². The van der Waals surface area contributed by atoms with Gasteiger partial charge in [0.1, 0.15) is 18.3 Å². The van der Waals surface area contributed by atoms with Crippen LogP contribution in [0.1, 0.15) is 24.8 Å². The lowest BCUT2D eigenvalue weighted by Gasteiger charge is -2.10. The summed E-state index contributed by atoms with van der Waals surface area (Å²) in [5.41, 5.74) is 0.997. The fraction of sp³-hybridized carbons (Fsp3) is 0.462. The number of ether oxygens (including phenoxy) is 1. The topological polar surface area (TPSA) is 38.3 Å². The molecule has 1 aliphatic heterocycles. The smallest absolute Gasteiger partial charge is 0.231 e. The van der Waals surface area contributed by atoms with E-state index in [9.17, 15) is 4.79 Å². The zero-order chi connectivity index (χ0) is 12.3. The highest BCUT2D eigenvalue weighted by molar-refractivity contribution is 9.09. The normalized spacial score (nSPS) is 19.3. The van der Waals surface area contributed by atoms with Crippen LogP contribution in [0.25, 0.3) is 0 Å². The summed E-state index contributed by atoms with van der Waals surface area (Å²) in [7, 11) is 0. The number of nitrogens with one attached hydrogen (secondary N) is 1. The van der Waals surface area contributed by atoms with Gasteiger partial charge < -0.3 is 10.1 Å². The Balaban J connectivity index is 1.93. The Bertz CT molecular complexity index is 406. The molecule has 0 aromatic heterocycles. The van der Waals surface area contributed by atoms with E-state index >= 15 is 0 Å². The highest BCUT2D eigenvalue weighted by Gasteiger charge is 2.29. The van der Waals surface area contributed by atoms with Crippen LogP contribution in [-0.2, 0) is 4.79 Å². The van der Waals surface area contributed by atoms with E-state index in [4.69, 9.17) is 4.74 Å². The Morgan fingerprint density at radius 1 is 1.59 bits per heavy atom. The van der Waals surface area contributed by atoms with Gasteiger partial charge in [-0.05, 0) is 12.5 Å². The highest BCUT2D eigenvalue weighted by atomic mass is 79.9. The summed E-state index contributed by atoms with van der Waals surface area (Å²) >= 11 is 3.46. The highest BCUT2D eigenvalue weighted by Crippen LogP contribution is 2.33. The molecule has 0 aliphatic carbocycles. The minimum atomic E-state index is -0.156. The van der Waals surface area contributed by atoms with Gasteiger partial charge >= 0.3 is 0 Å². The molecular weight excluding hydrogens is 282 g/mol. The molecule has 1 amide bonds. The van der Waals surface area contributed by atoms with Crippen molar-refractivity contribution < 1.29 is 9.53 Å². The van der Waals surface area contributed by atoms with Crippen LogP contribution >= 0.6 is 15.9 Å². The first-order valence-electron chi connectivity index (χ1n) is 5.82. The van der Waals surface area contributed by atoms with E-state index in [1.807, 2.05) is 24.3 Å². The summed E-state index contributed by atoms with van der Waals surface area (Å²) in [6.45, 7) is 3.22. The number of carbonyl (C=O) groups excluding carboxylic acids is 1. The molecule has 1 heterocycles. The van der Waals surface area contributed by atoms with Crippen molar-refractivity contribution in [2.75, 3.05) is 13.2 Å². The third kappa shape index (κ3) is 3.00. The van der Waals surface area contributed by atoms with Crippen LogP contribution in [0.5, 0.6) is 5.75 Å². The molecule has 0 bridgehead atoms. The van der Waals surface area contributed by atoms with E-state index in [-0.39, 0.29) is 11.8 Å². The van der Waals surface area contributed by atoms with Gasteiger partial charge in [-0.2, -0.15) is 0 Å². The molecule has 1 N–H and O–H groups in total. The predicted molar refractivity (Wildman–Crippen MR) is 70.7 cm³/mol. The van der Waals surface area contributed by atoms with Crippen molar-refractivity contribution in [2.45, 2.75) is 24.1 Å². The van der Waals surface area contributed by atoms with Crippen LogP contribution < -0.4 is 10.1 Å². The minimum absolute atomic E-state index is 0.0584. The van der Waals surface area contributed by atoms with Crippen molar-refractivity contribution in [1.29, 1.82) is 0 Å². The zero-order valence-corrected chi connectivity index (χ0v) is 11.4. The van der Waals surface area contributed by atoms with Gasteiger partial charge in [0.25, 0.3) is 0 Å². The van der Waals surface area contributed by atoms with Gasteiger partial charge in [0.05, 0.1) is 0 Å². The lowest BCUT2D eigenvalue weighted by atomic mass is 10.0. The molecule has 2 unspecified atom stereocenters. The molecule has 3 nitrogen and oxygen atoms in total. The molecule has 0 saturated carbocycles. The van der Waals surface area contributed by atoms with Gasteiger partial charge in [0, 0.05) is 16.9 Å². The number of halogens is 1. The van der Waals surface area contributed by atoms with Gasteiger partial charge in [-0.15, -0.1) is 0 Å². The van der Waals surface area contributed by atoms with Crippen LogP contribution in [0.2, 0.25) is 0 Å². The van der Waals surface area contributed by atoms with Crippen molar-refractivity contribution in [3.05, 3.63) is 29.8 Å². The average Bonchev–Trinajstić information content (AvgIpc) is 2.72. The second-order valence-corrected chi connectivity index (χ2v) is 5.83. The van der Waals surface area contributed by atoms with Crippen LogP contribution in [0.15, 0.2) is 24.3 Å². The molecule has 0 fully saturated rings. The Kier molecular flexibility index (Phi) is 4.05. The lowest BCUT2D eigenvalue weighted by molar-refractivity contribution is -0.122. The van der Waals surface area contributed by atoms with E-state index in [2.05, 4.69) is 28.2 Å². The molecule has 0 spiro atoms. The average molecular weight is 298 g/mol. The number of para-hydroxylation sites is 1. The van der Waals surface area contributed by atoms with Crippen LogP contribution in [-0.4, -0.2) is 23.9 Å². The van der Waals surface area contributed by atoms with Crippen molar-refractivity contribution in [1.82, 2.24) is 5.32 Å². The van der Waals surface area contributed by atoms with Crippen molar-refractivity contribution in [3.8, 4) is 5.75 Å². The van der Waals surface area contributed by atoms with E-state index in [0.717, 1.165) is 17.7 Å². The summed E-state index contributed by atoms with van der Waals surface area (Å²) in [6, 6.07) is 7.73. The van der Waals surface area contributed by atoms with E-state index in [0.29, 0.717) is 18.0 Å². The third-order valence-electron chi connectivity index (χ3n) is 2.86. The number of rotatable bonds is 4. The molecule has 2 atom stereocenters. The maximum absolute atomic E-state index is 12.0. The summed E-state index contributed by atoms with van der Waals surface area (Å²) < 4.78 is 5.49. The molecule has 2 rings (SSSR count). The number of alkyl halides is 1. The first kappa shape index (κ1) is 12.4. The third-order valence-corrected chi connectivity index (χ3v) is 3.32. The molecular formula is C13H16BrNO2. The Morgan fingerprint density at radius 2 is 2.35 bits per heavy atom. The summed E-state index contributed by atoms with van der Waals surface area (Å²) in [4.78, 5) is 12.4. The molecule has 0 radical (unpaired) electrons. The number of amides is 1. The standard InChI is InChI=1S/C13H16BrNO2/c1-9(14)6-7-15-13(16)11-8-17-12-5-3-2-4-10(11)12/h2-5,9,11H,6-8H2,1H3,(H,15,16). The second kappa shape index (κ2) is 5.54. The van der Waals surface area contributed by atoms with E-state index in [1.165, 1.54) is 0 Å². The largest absolute Gasteiger partial charge is 0.492 e. The molecule has 17 heavy (non-hydrogen) atoms. The fourth-order valence-electron chi connectivity index (χ4n) is 1.90. The second-order valence-electron chi connectivity index (χ2n) is 4.26. The minimum Gasteiger partial charge on any atom is -0.492 e. The van der Waals surface area contributed by atoms with Crippen molar-refractivity contribution in [2.24, 2.45) is 0 Å². The molecule has 1 aliphatic rings. The van der Waals surface area contributed by atoms with E-state index in [1.54, 1.807) is 0 Å². The number of benzene rings is 1. The summed E-state index contributed by atoms with van der Waals surface area (Å²) in [5, 5.41) is 2.95. The van der Waals surface area contributed by atoms with E-state index < -0.39 is 0 Å². The summed E-state index contributed by atoms with van der Waals surface area (Å²) in [6.07, 6.45) is 0.932. The summed E-state index contributed by atoms with van der Waals surface area (Å²) in [5.74, 6) is 0.737. The van der Waals surface area contributed by atoms with Gasteiger partial charge in [-0.25, -0.2) is 0 Å². The first-order chi connectivity index (χ1) is 8.18. The molecule has 92 valence electrons. The molecule has 4 heteroatoms. The SMILES string of the molecule is CC(Br)CCNC(=O)C1COc2ccccc21. The number of hydrogen-bond donors (Lipinski definition) is 1. The molecule has 1 aromatic rings. The Morgan fingerprint density at radius 3 is 3.12 bits per heavy atom. The Hall–Kier alpha value is -1.03. The van der Waals surface area contributed by atoms with Gasteiger partial charge in [-0.1, -0.05) is 41.1 Å². The zero-order valence-electron chi connectivity index (χ0n) is 9.78. The molecule has 1 aromatic carbocycles. The van der Waals surface area contributed by atoms with Crippen molar-refractivity contribution in [3.63, 3.8) is 0 Å². The first-order valence-corrected chi connectivity index (χ1v) is 6.73. The van der Waals surface area contributed by atoms with Crippen LogP contribution in [0, 0.1) is 0 Å². The quantitative estimate of drug-likeness (QED) is 0.867.